The van der Waals surface area contributed by atoms with Crippen molar-refractivity contribution >= 4 is 23.2 Å². The number of fused-ring (bicyclic) bond motifs is 1. The van der Waals surface area contributed by atoms with E-state index >= 15 is 0 Å². The second-order valence-electron chi connectivity index (χ2n) is 3.87. The van der Waals surface area contributed by atoms with Crippen molar-refractivity contribution in [1.82, 2.24) is 13.8 Å². The minimum Gasteiger partial charge on any atom is -0.273 e. The van der Waals surface area contributed by atoms with Gasteiger partial charge in [-0.05, 0) is 37.9 Å². The summed E-state index contributed by atoms with van der Waals surface area (Å²) in [6.07, 6.45) is 1.27. The lowest BCUT2D eigenvalue weighted by molar-refractivity contribution is -0.118. The van der Waals surface area contributed by atoms with Crippen LogP contribution in [-0.4, -0.2) is 19.7 Å². The fourth-order valence-corrected chi connectivity index (χ4v) is 2.34. The van der Waals surface area contributed by atoms with Gasteiger partial charge in [0, 0.05) is 17.8 Å². The molecule has 5 nitrogen and oxygen atoms in total. The topological polar surface area (TPSA) is 59.6 Å². The van der Waals surface area contributed by atoms with Gasteiger partial charge in [0.25, 0.3) is 0 Å². The Morgan fingerprint density at radius 2 is 2.24 bits per heavy atom. The largest absolute Gasteiger partial charge is 0.273 e. The highest BCUT2D eigenvalue weighted by Gasteiger charge is 2.04. The Hall–Kier alpha value is -1.56. The van der Waals surface area contributed by atoms with Crippen LogP contribution in [0.5, 0.6) is 0 Å². The first-order valence-corrected chi connectivity index (χ1v) is 6.29. The van der Waals surface area contributed by atoms with Crippen molar-refractivity contribution in [2.75, 3.05) is 0 Å². The Bertz CT molecular complexity index is 626. The minimum absolute atomic E-state index is 0.124. The zero-order valence-electron chi connectivity index (χ0n) is 10.1. The lowest BCUT2D eigenvalue weighted by atomic mass is 10.3. The number of hydrogen-bond acceptors (Lipinski definition) is 4. The number of nitrogens with zero attached hydrogens (tertiary/aromatic N) is 4. The highest BCUT2D eigenvalue weighted by molar-refractivity contribution is 7.03. The van der Waals surface area contributed by atoms with Crippen molar-refractivity contribution in [1.29, 1.82) is 0 Å². The van der Waals surface area contributed by atoms with E-state index in [2.05, 4.69) is 15.0 Å². The van der Waals surface area contributed by atoms with Gasteiger partial charge in [-0.3, -0.25) is 4.79 Å². The molecule has 0 spiro atoms. The highest BCUT2D eigenvalue weighted by Crippen LogP contribution is 2.06. The van der Waals surface area contributed by atoms with Crippen LogP contribution in [-0.2, 0) is 4.79 Å². The lowest BCUT2D eigenvalue weighted by Gasteiger charge is -1.97. The van der Waals surface area contributed by atoms with Crippen molar-refractivity contribution in [2.24, 2.45) is 4.99 Å². The number of carbonyl (C=O) groups is 1. The highest BCUT2D eigenvalue weighted by atomic mass is 32.1. The van der Waals surface area contributed by atoms with E-state index in [0.717, 1.165) is 17.8 Å². The fourth-order valence-electron chi connectivity index (χ4n) is 1.55. The number of hydrogen-bond donors (Lipinski definition) is 0. The van der Waals surface area contributed by atoms with E-state index in [9.17, 15) is 4.79 Å². The van der Waals surface area contributed by atoms with Crippen molar-refractivity contribution in [2.45, 2.75) is 33.6 Å². The van der Waals surface area contributed by atoms with E-state index in [4.69, 9.17) is 0 Å². The van der Waals surface area contributed by atoms with Crippen LogP contribution in [0.25, 0.3) is 5.78 Å². The van der Waals surface area contributed by atoms with Gasteiger partial charge in [-0.2, -0.15) is 9.98 Å². The predicted molar refractivity (Wildman–Crippen MR) is 65.8 cm³/mol. The maximum atomic E-state index is 11.4. The van der Waals surface area contributed by atoms with Gasteiger partial charge in [0.1, 0.15) is 0 Å². The predicted octanol–water partition coefficient (Wildman–Crippen LogP) is 1.64. The molecule has 1 amide bonds. The Labute approximate surface area is 103 Å². The van der Waals surface area contributed by atoms with E-state index < -0.39 is 0 Å². The number of aromatic nitrogens is 3. The molecule has 2 heterocycles. The standard InChI is InChI=1S/C11H14N4OS/c1-4-5-9(16)13-11-14-10-12-7(2)6-8(3)15(10)17-11/h6H,4-5H2,1-3H3. The van der Waals surface area contributed by atoms with Gasteiger partial charge >= 0.3 is 0 Å². The van der Waals surface area contributed by atoms with E-state index in [1.165, 1.54) is 11.5 Å². The molecule has 0 atom stereocenters. The third-order valence-corrected chi connectivity index (χ3v) is 3.23. The summed E-state index contributed by atoms with van der Waals surface area (Å²) in [5.41, 5.74) is 1.97. The van der Waals surface area contributed by atoms with Crippen LogP contribution in [0.2, 0.25) is 0 Å². The molecule has 0 aliphatic heterocycles. The molecule has 90 valence electrons. The van der Waals surface area contributed by atoms with Gasteiger partial charge in [0.15, 0.2) is 0 Å². The zero-order chi connectivity index (χ0) is 12.4. The molecule has 2 rings (SSSR count). The average Bonchev–Trinajstić information content (AvgIpc) is 2.60. The first-order valence-electron chi connectivity index (χ1n) is 5.52. The van der Waals surface area contributed by atoms with Crippen LogP contribution in [0, 0.1) is 13.8 Å². The molecule has 0 unspecified atom stereocenters. The molecule has 0 fully saturated rings. The monoisotopic (exact) mass is 250 g/mol. The Morgan fingerprint density at radius 3 is 2.94 bits per heavy atom. The third kappa shape index (κ3) is 2.58. The normalized spacial score (nSPS) is 12.3. The summed E-state index contributed by atoms with van der Waals surface area (Å²) in [5, 5.41) is 0. The number of aryl methyl sites for hydroxylation is 2. The van der Waals surface area contributed by atoms with Gasteiger partial charge in [0.2, 0.25) is 16.5 Å². The first-order chi connectivity index (χ1) is 8.10. The molecule has 2 aromatic heterocycles. The van der Waals surface area contributed by atoms with Crippen molar-refractivity contribution in [3.8, 4) is 0 Å². The first kappa shape index (κ1) is 11.9. The van der Waals surface area contributed by atoms with Gasteiger partial charge < -0.3 is 0 Å². The molecule has 2 aromatic rings. The molecular weight excluding hydrogens is 236 g/mol. The van der Waals surface area contributed by atoms with Gasteiger partial charge in [-0.15, -0.1) is 0 Å². The summed E-state index contributed by atoms with van der Waals surface area (Å²) in [6.45, 7) is 5.86. The van der Waals surface area contributed by atoms with Gasteiger partial charge in [0.05, 0.1) is 0 Å². The average molecular weight is 250 g/mol. The van der Waals surface area contributed by atoms with E-state index in [-0.39, 0.29) is 5.91 Å². The van der Waals surface area contributed by atoms with Crippen molar-refractivity contribution in [3.05, 3.63) is 22.3 Å². The summed E-state index contributed by atoms with van der Waals surface area (Å²) in [5.74, 6) is 0.483. The second kappa shape index (κ2) is 4.75. The summed E-state index contributed by atoms with van der Waals surface area (Å²) in [6, 6.07) is 1.98. The molecule has 0 aliphatic rings. The molecule has 0 saturated heterocycles. The smallest absolute Gasteiger partial charge is 0.248 e. The Kier molecular flexibility index (Phi) is 3.33. The van der Waals surface area contributed by atoms with Gasteiger partial charge in [-0.25, -0.2) is 8.77 Å². The molecule has 0 bridgehead atoms. The Balaban J connectivity index is 2.51. The number of amides is 1. The van der Waals surface area contributed by atoms with Crippen LogP contribution in [0.1, 0.15) is 31.2 Å². The summed E-state index contributed by atoms with van der Waals surface area (Å²) < 4.78 is 1.88. The quantitative estimate of drug-likeness (QED) is 0.814. The zero-order valence-corrected chi connectivity index (χ0v) is 10.9. The lowest BCUT2D eigenvalue weighted by Crippen LogP contribution is -2.04. The van der Waals surface area contributed by atoms with E-state index in [1.807, 2.05) is 30.6 Å². The molecule has 0 aromatic carbocycles. The van der Waals surface area contributed by atoms with Crippen molar-refractivity contribution in [3.63, 3.8) is 0 Å². The summed E-state index contributed by atoms with van der Waals surface area (Å²) >= 11 is 1.34. The second-order valence-corrected chi connectivity index (χ2v) is 4.79. The molecule has 0 saturated carbocycles. The van der Waals surface area contributed by atoms with Crippen molar-refractivity contribution < 1.29 is 4.79 Å². The number of carbonyl (C=O) groups excluding carboxylic acids is 1. The minimum atomic E-state index is -0.124. The van der Waals surface area contributed by atoms with Gasteiger partial charge in [-0.1, -0.05) is 6.92 Å². The summed E-state index contributed by atoms with van der Waals surface area (Å²) in [7, 11) is 0. The Morgan fingerprint density at radius 1 is 1.47 bits per heavy atom. The fraction of sp³-hybridized carbons (Fsp3) is 0.455. The molecule has 0 N–H and O–H groups in total. The van der Waals surface area contributed by atoms with Crippen LogP contribution in [0.3, 0.4) is 0 Å². The molecular formula is C11H14N4OS. The maximum absolute atomic E-state index is 11.4. The molecule has 17 heavy (non-hydrogen) atoms. The van der Waals surface area contributed by atoms with Crippen LogP contribution in [0.4, 0.5) is 0 Å². The molecule has 6 heteroatoms. The molecule has 0 aliphatic carbocycles. The number of rotatable bonds is 2. The van der Waals surface area contributed by atoms with Crippen LogP contribution >= 0.6 is 11.5 Å². The molecule has 0 radical (unpaired) electrons. The van der Waals surface area contributed by atoms with Crippen LogP contribution < -0.4 is 4.80 Å². The SMILES string of the molecule is CCCC(=O)N=c1nc2nc(C)cc(C)n2s1. The summed E-state index contributed by atoms with van der Waals surface area (Å²) in [4.78, 5) is 24.4. The van der Waals surface area contributed by atoms with E-state index in [1.54, 1.807) is 0 Å². The van der Waals surface area contributed by atoms with E-state index in [0.29, 0.717) is 17.0 Å². The van der Waals surface area contributed by atoms with Crippen LogP contribution in [0.15, 0.2) is 11.1 Å². The third-order valence-electron chi connectivity index (χ3n) is 2.25. The maximum Gasteiger partial charge on any atom is 0.248 e.